The maximum Gasteiger partial charge on any atom is 0.224 e. The lowest BCUT2D eigenvalue weighted by Crippen LogP contribution is -1.97. The molecule has 0 saturated heterocycles. The number of para-hydroxylation sites is 1. The zero-order valence-corrected chi connectivity index (χ0v) is 8.54. The van der Waals surface area contributed by atoms with Crippen molar-refractivity contribution in [3.63, 3.8) is 0 Å². The molecule has 0 amide bonds. The van der Waals surface area contributed by atoms with Crippen molar-refractivity contribution in [2.75, 3.05) is 5.73 Å². The quantitative estimate of drug-likeness (QED) is 0.731. The fourth-order valence-corrected chi connectivity index (χ4v) is 1.67. The highest BCUT2D eigenvalue weighted by atomic mass is 35.5. The summed E-state index contributed by atoms with van der Waals surface area (Å²) in [6.45, 7) is 2.07. The summed E-state index contributed by atoms with van der Waals surface area (Å²) in [5, 5.41) is 1.07. The fraction of sp³-hybridized carbons (Fsp3) is 0.200. The Bertz CT molecular complexity index is 482. The number of nitrogen functional groups attached to an aromatic ring is 1. The van der Waals surface area contributed by atoms with Gasteiger partial charge in [-0.1, -0.05) is 19.1 Å². The molecule has 14 heavy (non-hydrogen) atoms. The minimum Gasteiger partial charge on any atom is -0.383 e. The largest absolute Gasteiger partial charge is 0.383 e. The lowest BCUT2D eigenvalue weighted by Gasteiger charge is -2.05. The van der Waals surface area contributed by atoms with E-state index in [0.29, 0.717) is 5.82 Å². The van der Waals surface area contributed by atoms with Crippen LogP contribution in [0.3, 0.4) is 0 Å². The van der Waals surface area contributed by atoms with E-state index in [1.807, 2.05) is 18.2 Å². The summed E-state index contributed by atoms with van der Waals surface area (Å²) in [5.74, 6) is 0.440. The standard InChI is InChI=1S/C10H10ClN3/c1-2-6-4-3-5-7-8(6)13-10(11)14-9(7)12/h3-5H,2H2,1H3,(H2,12,13,14). The van der Waals surface area contributed by atoms with E-state index in [4.69, 9.17) is 17.3 Å². The van der Waals surface area contributed by atoms with Crippen molar-refractivity contribution >= 4 is 28.3 Å². The first kappa shape index (κ1) is 9.21. The van der Waals surface area contributed by atoms with Gasteiger partial charge in [-0.3, -0.25) is 0 Å². The van der Waals surface area contributed by atoms with Gasteiger partial charge in [0.05, 0.1) is 5.52 Å². The van der Waals surface area contributed by atoms with Gasteiger partial charge in [0.25, 0.3) is 0 Å². The Kier molecular flexibility index (Phi) is 2.25. The number of nitrogens with two attached hydrogens (primary N) is 1. The van der Waals surface area contributed by atoms with Gasteiger partial charge < -0.3 is 5.73 Å². The number of rotatable bonds is 1. The first-order valence-electron chi connectivity index (χ1n) is 4.43. The van der Waals surface area contributed by atoms with Crippen LogP contribution in [0.2, 0.25) is 5.28 Å². The Morgan fingerprint density at radius 1 is 1.36 bits per heavy atom. The zero-order valence-electron chi connectivity index (χ0n) is 7.79. The van der Waals surface area contributed by atoms with E-state index in [0.717, 1.165) is 22.9 Å². The average molecular weight is 208 g/mol. The molecule has 0 bridgehead atoms. The molecule has 0 radical (unpaired) electrons. The molecule has 0 aliphatic heterocycles. The molecule has 0 aliphatic carbocycles. The minimum atomic E-state index is 0.205. The molecule has 0 saturated carbocycles. The molecule has 1 aromatic heterocycles. The summed E-state index contributed by atoms with van der Waals surface area (Å²) < 4.78 is 0. The summed E-state index contributed by atoms with van der Waals surface area (Å²) >= 11 is 5.75. The normalized spacial score (nSPS) is 10.7. The van der Waals surface area contributed by atoms with Crippen LogP contribution in [0.1, 0.15) is 12.5 Å². The molecule has 1 heterocycles. The predicted octanol–water partition coefficient (Wildman–Crippen LogP) is 2.43. The van der Waals surface area contributed by atoms with E-state index in [2.05, 4.69) is 16.9 Å². The second-order valence-corrected chi connectivity index (χ2v) is 3.38. The number of halogens is 1. The highest BCUT2D eigenvalue weighted by molar-refractivity contribution is 6.28. The zero-order chi connectivity index (χ0) is 10.1. The fourth-order valence-electron chi connectivity index (χ4n) is 1.49. The highest BCUT2D eigenvalue weighted by Crippen LogP contribution is 2.22. The molecule has 72 valence electrons. The van der Waals surface area contributed by atoms with Crippen LogP contribution in [-0.4, -0.2) is 9.97 Å². The molecule has 4 heteroatoms. The second-order valence-electron chi connectivity index (χ2n) is 3.04. The predicted molar refractivity (Wildman–Crippen MR) is 58.3 cm³/mol. The van der Waals surface area contributed by atoms with E-state index in [1.54, 1.807) is 0 Å². The summed E-state index contributed by atoms with van der Waals surface area (Å²) in [6.07, 6.45) is 0.907. The SMILES string of the molecule is CCc1cccc2c(N)nc(Cl)nc12. The van der Waals surface area contributed by atoms with Gasteiger partial charge in [-0.15, -0.1) is 0 Å². The molecular formula is C10H10ClN3. The molecule has 0 aliphatic rings. The van der Waals surface area contributed by atoms with E-state index in [9.17, 15) is 0 Å². The Balaban J connectivity index is 2.86. The second kappa shape index (κ2) is 3.42. The summed E-state index contributed by atoms with van der Waals surface area (Å²) in [4.78, 5) is 8.09. The van der Waals surface area contributed by atoms with Crippen molar-refractivity contribution in [1.29, 1.82) is 0 Å². The van der Waals surface area contributed by atoms with E-state index >= 15 is 0 Å². The number of aryl methyl sites for hydroxylation is 1. The number of nitrogens with zero attached hydrogens (tertiary/aromatic N) is 2. The van der Waals surface area contributed by atoms with Crippen molar-refractivity contribution in [1.82, 2.24) is 9.97 Å². The average Bonchev–Trinajstić information content (AvgIpc) is 2.17. The van der Waals surface area contributed by atoms with Crippen LogP contribution in [0.5, 0.6) is 0 Å². The van der Waals surface area contributed by atoms with Crippen LogP contribution in [0.4, 0.5) is 5.82 Å². The smallest absolute Gasteiger partial charge is 0.224 e. The molecule has 0 fully saturated rings. The van der Waals surface area contributed by atoms with Crippen molar-refractivity contribution in [3.8, 4) is 0 Å². The van der Waals surface area contributed by atoms with E-state index < -0.39 is 0 Å². The highest BCUT2D eigenvalue weighted by Gasteiger charge is 2.06. The van der Waals surface area contributed by atoms with Crippen molar-refractivity contribution in [3.05, 3.63) is 29.0 Å². The minimum absolute atomic E-state index is 0.205. The van der Waals surface area contributed by atoms with Crippen LogP contribution in [0, 0.1) is 0 Å². The van der Waals surface area contributed by atoms with Gasteiger partial charge >= 0.3 is 0 Å². The molecule has 2 aromatic rings. The molecule has 3 nitrogen and oxygen atoms in total. The van der Waals surface area contributed by atoms with Gasteiger partial charge in [0, 0.05) is 5.39 Å². The number of hydrogen-bond acceptors (Lipinski definition) is 3. The molecular weight excluding hydrogens is 198 g/mol. The summed E-state index contributed by atoms with van der Waals surface area (Å²) in [7, 11) is 0. The lowest BCUT2D eigenvalue weighted by molar-refractivity contribution is 1.13. The van der Waals surface area contributed by atoms with Crippen molar-refractivity contribution < 1.29 is 0 Å². The van der Waals surface area contributed by atoms with Gasteiger partial charge in [0.15, 0.2) is 0 Å². The van der Waals surface area contributed by atoms with Crippen LogP contribution in [0.25, 0.3) is 10.9 Å². The summed E-state index contributed by atoms with van der Waals surface area (Å²) in [5.41, 5.74) is 7.74. The maximum atomic E-state index is 5.75. The Morgan fingerprint density at radius 2 is 2.14 bits per heavy atom. The number of hydrogen-bond donors (Lipinski definition) is 1. The lowest BCUT2D eigenvalue weighted by atomic mass is 10.1. The van der Waals surface area contributed by atoms with Crippen LogP contribution >= 0.6 is 11.6 Å². The third kappa shape index (κ3) is 1.40. The Hall–Kier alpha value is -1.35. The van der Waals surface area contributed by atoms with Gasteiger partial charge in [0.1, 0.15) is 5.82 Å². The molecule has 0 atom stereocenters. The van der Waals surface area contributed by atoms with E-state index in [-0.39, 0.29) is 5.28 Å². The van der Waals surface area contributed by atoms with Crippen LogP contribution in [0.15, 0.2) is 18.2 Å². The van der Waals surface area contributed by atoms with E-state index in [1.165, 1.54) is 0 Å². The molecule has 2 rings (SSSR count). The molecule has 1 aromatic carbocycles. The van der Waals surface area contributed by atoms with Crippen molar-refractivity contribution in [2.24, 2.45) is 0 Å². The maximum absolute atomic E-state index is 5.75. The molecule has 0 unspecified atom stereocenters. The van der Waals surface area contributed by atoms with Crippen LogP contribution < -0.4 is 5.73 Å². The third-order valence-corrected chi connectivity index (χ3v) is 2.36. The van der Waals surface area contributed by atoms with Gasteiger partial charge in [-0.25, -0.2) is 9.97 Å². The first-order valence-corrected chi connectivity index (χ1v) is 4.80. The van der Waals surface area contributed by atoms with Crippen LogP contribution in [-0.2, 0) is 6.42 Å². The monoisotopic (exact) mass is 207 g/mol. The van der Waals surface area contributed by atoms with Gasteiger partial charge in [-0.05, 0) is 29.7 Å². The topological polar surface area (TPSA) is 51.8 Å². The number of fused-ring (bicyclic) bond motifs is 1. The molecule has 2 N–H and O–H groups in total. The third-order valence-electron chi connectivity index (χ3n) is 2.19. The summed E-state index contributed by atoms with van der Waals surface area (Å²) in [6, 6.07) is 5.88. The Morgan fingerprint density at radius 3 is 2.86 bits per heavy atom. The van der Waals surface area contributed by atoms with Gasteiger partial charge in [0.2, 0.25) is 5.28 Å². The number of benzene rings is 1. The van der Waals surface area contributed by atoms with Crippen molar-refractivity contribution in [2.45, 2.75) is 13.3 Å². The van der Waals surface area contributed by atoms with Gasteiger partial charge in [-0.2, -0.15) is 0 Å². The number of aromatic nitrogens is 2. The first-order chi connectivity index (χ1) is 6.72. The number of anilines is 1. The molecule has 0 spiro atoms. The Labute approximate surface area is 86.9 Å².